The molecule has 0 aliphatic heterocycles. The standard InChI is InChI=1S/C22H19N2O/c1-13-10-19(24(4)12-15(13)3)21-14(2)9-17-16-7-5-6-8-20(16)25-22(17)18(21)11-23/h5-10,12H,1-4H3/q+1. The molecule has 0 radical (unpaired) electrons. The van der Waals surface area contributed by atoms with Crippen molar-refractivity contribution in [2.45, 2.75) is 20.8 Å². The van der Waals surface area contributed by atoms with Crippen molar-refractivity contribution in [1.29, 1.82) is 5.26 Å². The number of hydrogen-bond acceptors (Lipinski definition) is 2. The first-order valence-corrected chi connectivity index (χ1v) is 8.33. The molecule has 2 heterocycles. The maximum atomic E-state index is 9.92. The van der Waals surface area contributed by atoms with Crippen molar-refractivity contribution in [2.24, 2.45) is 7.05 Å². The molecule has 3 heteroatoms. The minimum absolute atomic E-state index is 0.602. The molecule has 4 aromatic rings. The van der Waals surface area contributed by atoms with E-state index in [1.54, 1.807) is 0 Å². The zero-order valence-corrected chi connectivity index (χ0v) is 14.8. The van der Waals surface area contributed by atoms with E-state index in [1.807, 2.05) is 31.3 Å². The van der Waals surface area contributed by atoms with Gasteiger partial charge in [0.25, 0.3) is 0 Å². The first-order valence-electron chi connectivity index (χ1n) is 8.33. The van der Waals surface area contributed by atoms with Gasteiger partial charge in [-0.15, -0.1) is 0 Å². The third-order valence-corrected chi connectivity index (χ3v) is 4.98. The molecule has 122 valence electrons. The van der Waals surface area contributed by atoms with Crippen molar-refractivity contribution in [2.75, 3.05) is 0 Å². The Balaban J connectivity index is 2.15. The lowest BCUT2D eigenvalue weighted by atomic mass is 9.94. The predicted molar refractivity (Wildman–Crippen MR) is 99.3 cm³/mol. The Hall–Kier alpha value is -3.12. The number of aryl methyl sites for hydroxylation is 4. The van der Waals surface area contributed by atoms with Gasteiger partial charge in [-0.25, -0.2) is 4.57 Å². The Morgan fingerprint density at radius 1 is 0.960 bits per heavy atom. The highest BCUT2D eigenvalue weighted by Gasteiger charge is 2.23. The molecule has 0 aliphatic rings. The number of nitriles is 1. The summed E-state index contributed by atoms with van der Waals surface area (Å²) in [6.45, 7) is 6.26. The molecule has 0 unspecified atom stereocenters. The zero-order chi connectivity index (χ0) is 17.7. The van der Waals surface area contributed by atoms with Crippen LogP contribution < -0.4 is 4.57 Å². The molecule has 3 nitrogen and oxygen atoms in total. The lowest BCUT2D eigenvalue weighted by Gasteiger charge is -2.09. The number of rotatable bonds is 1. The van der Waals surface area contributed by atoms with Crippen LogP contribution in [0.1, 0.15) is 22.3 Å². The Morgan fingerprint density at radius 3 is 2.48 bits per heavy atom. The van der Waals surface area contributed by atoms with E-state index in [0.717, 1.165) is 33.2 Å². The third kappa shape index (κ3) is 2.22. The average molecular weight is 327 g/mol. The highest BCUT2D eigenvalue weighted by molar-refractivity contribution is 6.08. The highest BCUT2D eigenvalue weighted by Crippen LogP contribution is 2.37. The van der Waals surface area contributed by atoms with Gasteiger partial charge in [-0.2, -0.15) is 5.26 Å². The van der Waals surface area contributed by atoms with Gasteiger partial charge in [0, 0.05) is 22.4 Å². The van der Waals surface area contributed by atoms with Crippen LogP contribution in [0.3, 0.4) is 0 Å². The number of aromatic nitrogens is 1. The fraction of sp³-hybridized carbons (Fsp3) is 0.182. The van der Waals surface area contributed by atoms with E-state index in [4.69, 9.17) is 4.42 Å². The highest BCUT2D eigenvalue weighted by atomic mass is 16.3. The van der Waals surface area contributed by atoms with Crippen LogP contribution in [0.4, 0.5) is 0 Å². The van der Waals surface area contributed by atoms with Gasteiger partial charge in [0.1, 0.15) is 24.3 Å². The summed E-state index contributed by atoms with van der Waals surface area (Å²) in [7, 11) is 2.02. The van der Waals surface area contributed by atoms with E-state index < -0.39 is 0 Å². The van der Waals surface area contributed by atoms with Crippen molar-refractivity contribution in [3.63, 3.8) is 0 Å². The summed E-state index contributed by atoms with van der Waals surface area (Å²) in [5.74, 6) is 0. The van der Waals surface area contributed by atoms with Crippen molar-refractivity contribution in [3.05, 3.63) is 64.8 Å². The summed E-state index contributed by atoms with van der Waals surface area (Å²) in [4.78, 5) is 0. The SMILES string of the molecule is Cc1cc(-c2c(C)cc3c(oc4ccccc43)c2C#N)[n+](C)cc1C. The quantitative estimate of drug-likeness (QED) is 0.468. The Labute approximate surface area is 146 Å². The monoisotopic (exact) mass is 327 g/mol. The van der Waals surface area contributed by atoms with E-state index in [2.05, 4.69) is 49.7 Å². The lowest BCUT2D eigenvalue weighted by Crippen LogP contribution is -2.32. The molecular formula is C22H19N2O+. The topological polar surface area (TPSA) is 40.8 Å². The predicted octanol–water partition coefficient (Wildman–Crippen LogP) is 4.87. The van der Waals surface area contributed by atoms with E-state index in [0.29, 0.717) is 11.1 Å². The first kappa shape index (κ1) is 15.4. The van der Waals surface area contributed by atoms with Crippen molar-refractivity contribution in [1.82, 2.24) is 0 Å². The zero-order valence-electron chi connectivity index (χ0n) is 14.8. The largest absolute Gasteiger partial charge is 0.455 e. The molecular weight excluding hydrogens is 308 g/mol. The molecule has 0 spiro atoms. The van der Waals surface area contributed by atoms with Crippen molar-refractivity contribution >= 4 is 21.9 Å². The summed E-state index contributed by atoms with van der Waals surface area (Å²) in [5, 5.41) is 12.0. The van der Waals surface area contributed by atoms with Crippen LogP contribution in [0.25, 0.3) is 33.2 Å². The number of benzene rings is 2. The molecule has 2 aromatic heterocycles. The maximum absolute atomic E-state index is 9.92. The Kier molecular flexibility index (Phi) is 3.36. The van der Waals surface area contributed by atoms with Crippen LogP contribution in [-0.2, 0) is 7.05 Å². The van der Waals surface area contributed by atoms with E-state index in [-0.39, 0.29) is 0 Å². The number of hydrogen-bond donors (Lipinski definition) is 0. The molecule has 0 aliphatic carbocycles. The van der Waals surface area contributed by atoms with Crippen LogP contribution in [-0.4, -0.2) is 0 Å². The number of nitrogens with zero attached hydrogens (tertiary/aromatic N) is 2. The summed E-state index contributed by atoms with van der Waals surface area (Å²) < 4.78 is 8.14. The molecule has 0 saturated heterocycles. The summed E-state index contributed by atoms with van der Waals surface area (Å²) >= 11 is 0. The maximum Gasteiger partial charge on any atom is 0.214 e. The van der Waals surface area contributed by atoms with Gasteiger partial charge in [-0.3, -0.25) is 0 Å². The average Bonchev–Trinajstić information content (AvgIpc) is 2.95. The fourth-order valence-corrected chi connectivity index (χ4v) is 3.56. The second-order valence-corrected chi connectivity index (χ2v) is 6.67. The molecule has 25 heavy (non-hydrogen) atoms. The minimum atomic E-state index is 0.602. The summed E-state index contributed by atoms with van der Waals surface area (Å²) in [5.41, 5.74) is 7.57. The second kappa shape index (κ2) is 5.46. The second-order valence-electron chi connectivity index (χ2n) is 6.67. The first-order chi connectivity index (χ1) is 12.0. The van der Waals surface area contributed by atoms with Gasteiger partial charge in [-0.1, -0.05) is 18.2 Å². The number of para-hydroxylation sites is 1. The smallest absolute Gasteiger partial charge is 0.214 e. The van der Waals surface area contributed by atoms with Crippen LogP contribution in [0.2, 0.25) is 0 Å². The molecule has 2 aromatic carbocycles. The fourth-order valence-electron chi connectivity index (χ4n) is 3.56. The molecule has 0 bridgehead atoms. The molecule has 0 fully saturated rings. The Bertz CT molecular complexity index is 1190. The van der Waals surface area contributed by atoms with Gasteiger partial charge in [0.2, 0.25) is 5.69 Å². The van der Waals surface area contributed by atoms with Crippen LogP contribution in [0.5, 0.6) is 0 Å². The van der Waals surface area contributed by atoms with Gasteiger partial charge >= 0.3 is 0 Å². The van der Waals surface area contributed by atoms with Crippen LogP contribution in [0, 0.1) is 32.1 Å². The van der Waals surface area contributed by atoms with Gasteiger partial charge in [0.15, 0.2) is 11.8 Å². The number of fused-ring (bicyclic) bond motifs is 3. The molecule has 0 atom stereocenters. The molecule has 0 amide bonds. The van der Waals surface area contributed by atoms with Gasteiger partial charge < -0.3 is 4.42 Å². The van der Waals surface area contributed by atoms with E-state index >= 15 is 0 Å². The Morgan fingerprint density at radius 2 is 1.72 bits per heavy atom. The van der Waals surface area contributed by atoms with Crippen LogP contribution >= 0.6 is 0 Å². The lowest BCUT2D eigenvalue weighted by molar-refractivity contribution is -0.660. The van der Waals surface area contributed by atoms with Crippen molar-refractivity contribution < 1.29 is 8.98 Å². The van der Waals surface area contributed by atoms with Crippen molar-refractivity contribution in [3.8, 4) is 17.3 Å². The normalized spacial score (nSPS) is 11.2. The van der Waals surface area contributed by atoms with E-state index in [1.165, 1.54) is 11.1 Å². The summed E-state index contributed by atoms with van der Waals surface area (Å²) in [6.07, 6.45) is 2.11. The third-order valence-electron chi connectivity index (χ3n) is 4.98. The molecule has 4 rings (SSSR count). The minimum Gasteiger partial charge on any atom is -0.455 e. The van der Waals surface area contributed by atoms with Gasteiger partial charge in [0.05, 0.1) is 5.56 Å². The summed E-state index contributed by atoms with van der Waals surface area (Å²) in [6, 6.07) is 14.6. The van der Waals surface area contributed by atoms with E-state index in [9.17, 15) is 5.26 Å². The van der Waals surface area contributed by atoms with Crippen LogP contribution in [0.15, 0.2) is 47.0 Å². The molecule has 0 N–H and O–H groups in total. The number of pyridine rings is 1. The molecule has 0 saturated carbocycles. The van der Waals surface area contributed by atoms with Gasteiger partial charge in [-0.05, 0) is 44.0 Å². The number of furan rings is 1.